The van der Waals surface area contributed by atoms with Gasteiger partial charge in [0.2, 0.25) is 0 Å². The standard InChI is InChI=1S/C20H14O/c1-3-9-15(10-4-1)19-17-13-7-8-14-18(17)21-20(19)16-11-5-2-6-12-16/h1-14H. The van der Waals surface area contributed by atoms with Gasteiger partial charge in [-0.05, 0) is 11.6 Å². The van der Waals surface area contributed by atoms with Crippen LogP contribution in [0.4, 0.5) is 0 Å². The molecular formula is C20H14O. The van der Waals surface area contributed by atoms with Crippen LogP contribution in [0.3, 0.4) is 0 Å². The number of benzene rings is 3. The quantitative estimate of drug-likeness (QED) is 0.451. The van der Waals surface area contributed by atoms with Crippen molar-refractivity contribution in [2.45, 2.75) is 0 Å². The van der Waals surface area contributed by atoms with Crippen LogP contribution in [0.2, 0.25) is 0 Å². The van der Waals surface area contributed by atoms with E-state index in [2.05, 4.69) is 48.5 Å². The Morgan fingerprint density at radius 3 is 1.81 bits per heavy atom. The van der Waals surface area contributed by atoms with Gasteiger partial charge in [0, 0.05) is 16.5 Å². The van der Waals surface area contributed by atoms with E-state index in [0.717, 1.165) is 27.9 Å². The van der Waals surface area contributed by atoms with E-state index < -0.39 is 0 Å². The SMILES string of the molecule is c1ccc(-c2oc3ccccc3c2-c2ccccc2)cc1. The molecular weight excluding hydrogens is 256 g/mol. The third-order valence-corrected chi connectivity index (χ3v) is 3.69. The first-order chi connectivity index (χ1) is 10.4. The van der Waals surface area contributed by atoms with E-state index >= 15 is 0 Å². The van der Waals surface area contributed by atoms with E-state index in [-0.39, 0.29) is 0 Å². The molecule has 1 heteroatoms. The van der Waals surface area contributed by atoms with E-state index in [1.165, 1.54) is 5.56 Å². The van der Waals surface area contributed by atoms with Gasteiger partial charge < -0.3 is 4.42 Å². The molecule has 0 aliphatic heterocycles. The van der Waals surface area contributed by atoms with Gasteiger partial charge >= 0.3 is 0 Å². The fraction of sp³-hybridized carbons (Fsp3) is 0. The highest BCUT2D eigenvalue weighted by atomic mass is 16.3. The summed E-state index contributed by atoms with van der Waals surface area (Å²) >= 11 is 0. The zero-order valence-corrected chi connectivity index (χ0v) is 11.5. The van der Waals surface area contributed by atoms with Crippen molar-refractivity contribution in [1.29, 1.82) is 0 Å². The number of para-hydroxylation sites is 1. The van der Waals surface area contributed by atoms with Gasteiger partial charge in [0.1, 0.15) is 11.3 Å². The predicted octanol–water partition coefficient (Wildman–Crippen LogP) is 5.77. The molecule has 1 aromatic heterocycles. The molecule has 0 fully saturated rings. The normalized spacial score (nSPS) is 10.9. The minimum atomic E-state index is 0.926. The van der Waals surface area contributed by atoms with Crippen LogP contribution in [0, 0.1) is 0 Å². The summed E-state index contributed by atoms with van der Waals surface area (Å²) in [5.41, 5.74) is 4.38. The summed E-state index contributed by atoms with van der Waals surface area (Å²) in [7, 11) is 0. The minimum Gasteiger partial charge on any atom is -0.455 e. The summed E-state index contributed by atoms with van der Waals surface area (Å²) in [4.78, 5) is 0. The summed E-state index contributed by atoms with van der Waals surface area (Å²) in [6, 6.07) is 28.9. The van der Waals surface area contributed by atoms with Crippen LogP contribution < -0.4 is 0 Å². The second-order valence-electron chi connectivity index (χ2n) is 5.03. The molecule has 0 N–H and O–H groups in total. The molecule has 0 amide bonds. The second kappa shape index (κ2) is 4.95. The molecule has 4 rings (SSSR count). The molecule has 3 aromatic carbocycles. The zero-order valence-electron chi connectivity index (χ0n) is 11.5. The summed E-state index contributed by atoms with van der Waals surface area (Å²) < 4.78 is 6.14. The van der Waals surface area contributed by atoms with Gasteiger partial charge in [0.25, 0.3) is 0 Å². The first kappa shape index (κ1) is 12.0. The Balaban J connectivity index is 2.07. The molecule has 0 unspecified atom stereocenters. The van der Waals surface area contributed by atoms with Crippen molar-refractivity contribution < 1.29 is 4.42 Å². The smallest absolute Gasteiger partial charge is 0.143 e. The van der Waals surface area contributed by atoms with Crippen molar-refractivity contribution in [3.05, 3.63) is 84.9 Å². The Labute approximate surface area is 123 Å². The monoisotopic (exact) mass is 270 g/mol. The molecule has 0 atom stereocenters. The third-order valence-electron chi connectivity index (χ3n) is 3.69. The molecule has 0 radical (unpaired) electrons. The summed E-state index contributed by atoms with van der Waals surface area (Å²) in [5, 5.41) is 1.16. The highest BCUT2D eigenvalue weighted by molar-refractivity contribution is 6.01. The predicted molar refractivity (Wildman–Crippen MR) is 87.1 cm³/mol. The van der Waals surface area contributed by atoms with Gasteiger partial charge in [-0.25, -0.2) is 0 Å². The van der Waals surface area contributed by atoms with Crippen molar-refractivity contribution >= 4 is 11.0 Å². The second-order valence-corrected chi connectivity index (χ2v) is 5.03. The first-order valence-electron chi connectivity index (χ1n) is 7.06. The van der Waals surface area contributed by atoms with Crippen molar-refractivity contribution in [2.24, 2.45) is 0 Å². The molecule has 0 aliphatic rings. The van der Waals surface area contributed by atoms with Crippen molar-refractivity contribution in [2.75, 3.05) is 0 Å². The van der Waals surface area contributed by atoms with Crippen LogP contribution in [0.15, 0.2) is 89.3 Å². The summed E-state index contributed by atoms with van der Waals surface area (Å²) in [5.74, 6) is 0.933. The maximum atomic E-state index is 6.14. The molecule has 0 aliphatic carbocycles. The average molecular weight is 270 g/mol. The molecule has 21 heavy (non-hydrogen) atoms. The minimum absolute atomic E-state index is 0.926. The van der Waals surface area contributed by atoms with Crippen molar-refractivity contribution in [3.8, 4) is 22.5 Å². The van der Waals surface area contributed by atoms with Crippen LogP contribution in [0.1, 0.15) is 0 Å². The Morgan fingerprint density at radius 2 is 1.10 bits per heavy atom. The van der Waals surface area contributed by atoms with Crippen molar-refractivity contribution in [3.63, 3.8) is 0 Å². The van der Waals surface area contributed by atoms with Gasteiger partial charge in [-0.3, -0.25) is 0 Å². The van der Waals surface area contributed by atoms with Gasteiger partial charge in [0.15, 0.2) is 0 Å². The lowest BCUT2D eigenvalue weighted by molar-refractivity contribution is 0.632. The van der Waals surface area contributed by atoms with Gasteiger partial charge in [-0.2, -0.15) is 0 Å². The largest absolute Gasteiger partial charge is 0.455 e. The van der Waals surface area contributed by atoms with E-state index in [9.17, 15) is 0 Å². The van der Waals surface area contributed by atoms with Gasteiger partial charge in [-0.15, -0.1) is 0 Å². The topological polar surface area (TPSA) is 13.1 Å². The van der Waals surface area contributed by atoms with Crippen molar-refractivity contribution in [1.82, 2.24) is 0 Å². The number of fused-ring (bicyclic) bond motifs is 1. The molecule has 100 valence electrons. The van der Waals surface area contributed by atoms with Gasteiger partial charge in [0.05, 0.1) is 0 Å². The zero-order chi connectivity index (χ0) is 14.1. The van der Waals surface area contributed by atoms with E-state index in [1.54, 1.807) is 0 Å². The molecule has 1 nitrogen and oxygen atoms in total. The van der Waals surface area contributed by atoms with E-state index in [0.29, 0.717) is 0 Å². The van der Waals surface area contributed by atoms with Gasteiger partial charge in [-0.1, -0.05) is 78.9 Å². The van der Waals surface area contributed by atoms with Crippen LogP contribution in [-0.4, -0.2) is 0 Å². The van der Waals surface area contributed by atoms with Crippen LogP contribution in [0.25, 0.3) is 33.4 Å². The number of hydrogen-bond acceptors (Lipinski definition) is 1. The summed E-state index contributed by atoms with van der Waals surface area (Å²) in [6.07, 6.45) is 0. The molecule has 0 saturated carbocycles. The number of rotatable bonds is 2. The lowest BCUT2D eigenvalue weighted by Gasteiger charge is -2.03. The molecule has 0 saturated heterocycles. The van der Waals surface area contributed by atoms with E-state index in [4.69, 9.17) is 4.42 Å². The number of hydrogen-bond donors (Lipinski definition) is 0. The van der Waals surface area contributed by atoms with E-state index in [1.807, 2.05) is 36.4 Å². The Kier molecular flexibility index (Phi) is 2.82. The highest BCUT2D eigenvalue weighted by Crippen LogP contribution is 2.40. The Hall–Kier alpha value is -2.80. The van der Waals surface area contributed by atoms with Crippen LogP contribution in [-0.2, 0) is 0 Å². The number of furan rings is 1. The van der Waals surface area contributed by atoms with Crippen LogP contribution in [0.5, 0.6) is 0 Å². The fourth-order valence-corrected chi connectivity index (χ4v) is 2.73. The molecule has 4 aromatic rings. The molecule has 1 heterocycles. The Bertz CT molecular complexity index is 874. The lowest BCUT2D eigenvalue weighted by Crippen LogP contribution is -1.80. The highest BCUT2D eigenvalue weighted by Gasteiger charge is 2.16. The maximum Gasteiger partial charge on any atom is 0.143 e. The lowest BCUT2D eigenvalue weighted by atomic mass is 9.99. The third kappa shape index (κ3) is 2.03. The maximum absolute atomic E-state index is 6.14. The molecule has 0 bridgehead atoms. The van der Waals surface area contributed by atoms with Crippen LogP contribution >= 0.6 is 0 Å². The summed E-state index contributed by atoms with van der Waals surface area (Å²) in [6.45, 7) is 0. The first-order valence-corrected chi connectivity index (χ1v) is 7.06. The Morgan fingerprint density at radius 1 is 0.524 bits per heavy atom. The molecule has 0 spiro atoms. The fourth-order valence-electron chi connectivity index (χ4n) is 2.73. The average Bonchev–Trinajstić information content (AvgIpc) is 2.96.